The molecule has 3 aliphatic carbocycles. The molecule has 1 amide bonds. The minimum absolute atomic E-state index is 0.0709. The second kappa shape index (κ2) is 4.93. The van der Waals surface area contributed by atoms with Gasteiger partial charge in [-0.3, -0.25) is 19.8 Å². The lowest BCUT2D eigenvalue weighted by atomic mass is 9.73. The first-order chi connectivity index (χ1) is 10.1. The smallest absolute Gasteiger partial charge is 0.230 e. The molecule has 6 nitrogen and oxygen atoms in total. The summed E-state index contributed by atoms with van der Waals surface area (Å²) < 4.78 is 0. The number of nitrogens with one attached hydrogen (secondary N) is 1. The van der Waals surface area contributed by atoms with Crippen LogP contribution in [0.15, 0.2) is 0 Å². The molecule has 0 aromatic rings. The van der Waals surface area contributed by atoms with Crippen molar-refractivity contribution in [3.63, 3.8) is 0 Å². The zero-order valence-corrected chi connectivity index (χ0v) is 12.2. The van der Waals surface area contributed by atoms with Gasteiger partial charge in [0.2, 0.25) is 11.9 Å². The number of nitro groups is 1. The third kappa shape index (κ3) is 2.54. The van der Waals surface area contributed by atoms with Crippen LogP contribution in [-0.4, -0.2) is 46.9 Å². The van der Waals surface area contributed by atoms with Gasteiger partial charge in [0, 0.05) is 36.5 Å². The van der Waals surface area contributed by atoms with Crippen molar-refractivity contribution in [2.75, 3.05) is 13.1 Å². The SMILES string of the molecule is O=C(NC1[C@H]2CCC[C@H]1CN(C1CC1)C2)[C@H]1C[C@H]1[N+](=O)[O-]. The van der Waals surface area contributed by atoms with Crippen LogP contribution in [0.3, 0.4) is 0 Å². The second-order valence-electron chi connectivity index (χ2n) is 7.37. The van der Waals surface area contributed by atoms with Crippen LogP contribution in [0.1, 0.15) is 38.5 Å². The average Bonchev–Trinajstić information content (AvgIpc) is 3.30. The Labute approximate surface area is 124 Å². The number of carbonyl (C=O) groups excluding carboxylic acids is 1. The van der Waals surface area contributed by atoms with E-state index in [2.05, 4.69) is 10.2 Å². The summed E-state index contributed by atoms with van der Waals surface area (Å²) in [6.07, 6.45) is 6.74. The molecule has 4 atom stereocenters. The zero-order valence-electron chi connectivity index (χ0n) is 12.2. The first-order valence-corrected chi connectivity index (χ1v) is 8.31. The van der Waals surface area contributed by atoms with E-state index < -0.39 is 6.04 Å². The fourth-order valence-electron chi connectivity index (χ4n) is 4.41. The molecule has 3 saturated carbocycles. The molecule has 4 rings (SSSR count). The Morgan fingerprint density at radius 1 is 1.14 bits per heavy atom. The van der Waals surface area contributed by atoms with Gasteiger partial charge in [0.05, 0.1) is 0 Å². The van der Waals surface area contributed by atoms with Gasteiger partial charge in [-0.1, -0.05) is 6.42 Å². The molecule has 1 aliphatic heterocycles. The molecule has 1 N–H and O–H groups in total. The number of rotatable bonds is 4. The lowest BCUT2D eigenvalue weighted by Crippen LogP contribution is -2.58. The summed E-state index contributed by atoms with van der Waals surface area (Å²) in [5, 5.41) is 13.9. The molecule has 4 fully saturated rings. The standard InChI is InChI=1S/C15H23N3O3/c19-15(12-6-13(12)18(20)21)16-14-9-2-1-3-10(14)8-17(7-9)11-4-5-11/h9-14H,1-8H2,(H,16,19)/t9-,10-,12-,13+/m0/s1. The maximum atomic E-state index is 12.2. The highest BCUT2D eigenvalue weighted by molar-refractivity contribution is 5.82. The minimum atomic E-state index is -0.628. The number of amides is 1. The topological polar surface area (TPSA) is 75.5 Å². The van der Waals surface area contributed by atoms with Crippen molar-refractivity contribution in [3.05, 3.63) is 10.1 Å². The molecule has 21 heavy (non-hydrogen) atoms. The fraction of sp³-hybridized carbons (Fsp3) is 0.933. The molecule has 1 saturated heterocycles. The Morgan fingerprint density at radius 3 is 2.33 bits per heavy atom. The average molecular weight is 293 g/mol. The van der Waals surface area contributed by atoms with Crippen molar-refractivity contribution in [1.29, 1.82) is 0 Å². The lowest BCUT2D eigenvalue weighted by molar-refractivity contribution is -0.497. The van der Waals surface area contributed by atoms with Gasteiger partial charge in [0.25, 0.3) is 0 Å². The first kappa shape index (κ1) is 13.5. The molecule has 0 radical (unpaired) electrons. The van der Waals surface area contributed by atoms with Crippen LogP contribution in [0.25, 0.3) is 0 Å². The molecular weight excluding hydrogens is 270 g/mol. The molecule has 1 heterocycles. The van der Waals surface area contributed by atoms with Crippen LogP contribution >= 0.6 is 0 Å². The van der Waals surface area contributed by atoms with Crippen molar-refractivity contribution in [2.45, 2.75) is 56.7 Å². The summed E-state index contributed by atoms with van der Waals surface area (Å²) in [7, 11) is 0. The van der Waals surface area contributed by atoms with E-state index in [-0.39, 0.29) is 22.8 Å². The van der Waals surface area contributed by atoms with Crippen molar-refractivity contribution in [1.82, 2.24) is 10.2 Å². The van der Waals surface area contributed by atoms with Crippen LogP contribution < -0.4 is 5.32 Å². The monoisotopic (exact) mass is 293 g/mol. The van der Waals surface area contributed by atoms with E-state index >= 15 is 0 Å². The normalized spacial score (nSPS) is 42.4. The molecule has 4 aliphatic rings. The molecule has 0 aromatic heterocycles. The van der Waals surface area contributed by atoms with Crippen molar-refractivity contribution in [2.24, 2.45) is 17.8 Å². The van der Waals surface area contributed by atoms with Gasteiger partial charge in [0.15, 0.2) is 0 Å². The van der Waals surface area contributed by atoms with Gasteiger partial charge in [-0.2, -0.15) is 0 Å². The van der Waals surface area contributed by atoms with E-state index in [4.69, 9.17) is 0 Å². The molecule has 6 heteroatoms. The number of piperidine rings is 1. The quantitative estimate of drug-likeness (QED) is 0.620. The third-order valence-corrected chi connectivity index (χ3v) is 5.84. The number of hydrogen-bond acceptors (Lipinski definition) is 4. The largest absolute Gasteiger partial charge is 0.352 e. The number of fused-ring (bicyclic) bond motifs is 2. The highest BCUT2D eigenvalue weighted by Gasteiger charge is 2.54. The van der Waals surface area contributed by atoms with Crippen LogP contribution in [0, 0.1) is 27.9 Å². The van der Waals surface area contributed by atoms with Crippen molar-refractivity contribution < 1.29 is 9.72 Å². The van der Waals surface area contributed by atoms with Gasteiger partial charge >= 0.3 is 0 Å². The lowest BCUT2D eigenvalue weighted by Gasteiger charge is -2.47. The highest BCUT2D eigenvalue weighted by atomic mass is 16.6. The van der Waals surface area contributed by atoms with Gasteiger partial charge in [0.1, 0.15) is 5.92 Å². The highest BCUT2D eigenvalue weighted by Crippen LogP contribution is 2.40. The van der Waals surface area contributed by atoms with Crippen LogP contribution in [0.4, 0.5) is 0 Å². The summed E-state index contributed by atoms with van der Waals surface area (Å²) in [5.74, 6) is 0.658. The summed E-state index contributed by atoms with van der Waals surface area (Å²) in [5.41, 5.74) is 0. The van der Waals surface area contributed by atoms with E-state index in [1.807, 2.05) is 0 Å². The number of hydrogen-bond donors (Lipinski definition) is 1. The van der Waals surface area contributed by atoms with E-state index in [1.165, 1.54) is 32.1 Å². The first-order valence-electron chi connectivity index (χ1n) is 8.31. The Kier molecular flexibility index (Phi) is 3.17. The Bertz CT molecular complexity index is 451. The molecular formula is C15H23N3O3. The van der Waals surface area contributed by atoms with Gasteiger partial charge in [-0.25, -0.2) is 0 Å². The third-order valence-electron chi connectivity index (χ3n) is 5.84. The fourth-order valence-corrected chi connectivity index (χ4v) is 4.41. The Hall–Kier alpha value is -1.17. The van der Waals surface area contributed by atoms with E-state index in [0.29, 0.717) is 18.3 Å². The molecule has 0 aromatic carbocycles. The molecule has 0 spiro atoms. The summed E-state index contributed by atoms with van der Waals surface area (Å²) in [6.45, 7) is 2.21. The van der Waals surface area contributed by atoms with Gasteiger partial charge < -0.3 is 5.32 Å². The van der Waals surface area contributed by atoms with Crippen LogP contribution in [-0.2, 0) is 4.79 Å². The summed E-state index contributed by atoms with van der Waals surface area (Å²) >= 11 is 0. The number of likely N-dealkylation sites (tertiary alicyclic amines) is 1. The number of carbonyl (C=O) groups is 1. The van der Waals surface area contributed by atoms with E-state index in [1.54, 1.807) is 0 Å². The van der Waals surface area contributed by atoms with Crippen molar-refractivity contribution in [3.8, 4) is 0 Å². The summed E-state index contributed by atoms with van der Waals surface area (Å²) in [6, 6.07) is 0.428. The molecule has 2 bridgehead atoms. The number of nitrogens with zero attached hydrogens (tertiary/aromatic N) is 2. The van der Waals surface area contributed by atoms with Crippen LogP contribution in [0.2, 0.25) is 0 Å². The van der Waals surface area contributed by atoms with E-state index in [0.717, 1.165) is 19.1 Å². The maximum Gasteiger partial charge on any atom is 0.230 e. The van der Waals surface area contributed by atoms with Gasteiger partial charge in [-0.15, -0.1) is 0 Å². The summed E-state index contributed by atoms with van der Waals surface area (Å²) in [4.78, 5) is 25.2. The maximum absolute atomic E-state index is 12.2. The Balaban J connectivity index is 1.38. The minimum Gasteiger partial charge on any atom is -0.352 e. The molecule has 0 unspecified atom stereocenters. The van der Waals surface area contributed by atoms with Crippen LogP contribution in [0.5, 0.6) is 0 Å². The van der Waals surface area contributed by atoms with E-state index in [9.17, 15) is 14.9 Å². The Morgan fingerprint density at radius 2 is 1.81 bits per heavy atom. The molecule has 116 valence electrons. The zero-order chi connectivity index (χ0) is 14.6. The second-order valence-corrected chi connectivity index (χ2v) is 7.37. The van der Waals surface area contributed by atoms with Crippen molar-refractivity contribution >= 4 is 5.91 Å². The van der Waals surface area contributed by atoms with Gasteiger partial charge in [-0.05, 0) is 37.5 Å². The predicted molar refractivity (Wildman–Crippen MR) is 76.2 cm³/mol. The predicted octanol–water partition coefficient (Wildman–Crippen LogP) is 1.03.